The number of hydrogen-bond acceptors (Lipinski definition) is 7. The Balaban J connectivity index is 1.65. The molecule has 4 rings (SSSR count). The number of aliphatic hydroxyl groups excluding tert-OH is 1. The van der Waals surface area contributed by atoms with Crippen molar-refractivity contribution in [2.45, 2.75) is 94.4 Å². The lowest BCUT2D eigenvalue weighted by molar-refractivity contribution is -0.159. The molecule has 3 heterocycles. The van der Waals surface area contributed by atoms with Gasteiger partial charge in [-0.1, -0.05) is 59.1 Å². The number of carbonyl (C=O) groups excluding carboxylic acids is 4. The van der Waals surface area contributed by atoms with Gasteiger partial charge in [-0.25, -0.2) is 0 Å². The van der Waals surface area contributed by atoms with Crippen molar-refractivity contribution in [3.05, 3.63) is 54.6 Å². The van der Waals surface area contributed by atoms with Gasteiger partial charge in [0.15, 0.2) is 0 Å². The van der Waals surface area contributed by atoms with Crippen molar-refractivity contribution < 1.29 is 33.8 Å². The molecule has 0 aliphatic carbocycles. The summed E-state index contributed by atoms with van der Waals surface area (Å²) in [7, 11) is 0. The number of allylic oxidation sites excluding steroid dienone is 1. The monoisotopic (exact) mass is 701 g/mol. The number of benzene rings is 1. The summed E-state index contributed by atoms with van der Waals surface area (Å²) in [6.45, 7) is 13.9. The van der Waals surface area contributed by atoms with E-state index < -0.39 is 41.7 Å². The second-order valence-corrected chi connectivity index (χ2v) is 13.9. The average Bonchev–Trinajstić information content (AvgIpc) is 3.61. The first kappa shape index (κ1) is 35.8. The molecule has 3 aliphatic heterocycles. The van der Waals surface area contributed by atoms with Crippen LogP contribution in [0.4, 0.5) is 5.69 Å². The lowest BCUT2D eigenvalue weighted by atomic mass is 9.70. The van der Waals surface area contributed by atoms with Gasteiger partial charge >= 0.3 is 5.97 Å². The van der Waals surface area contributed by atoms with E-state index in [-0.39, 0.29) is 42.2 Å². The number of carbonyl (C=O) groups is 4. The van der Waals surface area contributed by atoms with Gasteiger partial charge in [-0.3, -0.25) is 19.2 Å². The van der Waals surface area contributed by atoms with Crippen molar-refractivity contribution in [3.8, 4) is 0 Å². The molecule has 1 spiro atoms. The predicted octanol–water partition coefficient (Wildman–Crippen LogP) is 4.14. The van der Waals surface area contributed by atoms with E-state index in [1.807, 2.05) is 32.0 Å². The molecule has 3 fully saturated rings. The summed E-state index contributed by atoms with van der Waals surface area (Å²) in [5.74, 6) is -3.09. The average molecular weight is 703 g/mol. The van der Waals surface area contributed by atoms with E-state index in [1.54, 1.807) is 28.9 Å². The van der Waals surface area contributed by atoms with Crippen molar-refractivity contribution >= 4 is 45.3 Å². The lowest BCUT2D eigenvalue weighted by Crippen LogP contribution is -2.57. The third kappa shape index (κ3) is 7.11. The second kappa shape index (κ2) is 15.7. The highest BCUT2D eigenvalue weighted by Gasteiger charge is 2.77. The number of unbranched alkanes of at least 4 members (excludes halogenated alkanes) is 3. The van der Waals surface area contributed by atoms with Crippen LogP contribution in [0.3, 0.4) is 0 Å². The summed E-state index contributed by atoms with van der Waals surface area (Å²) < 4.78 is 12.5. The number of hydrogen-bond donors (Lipinski definition) is 2. The van der Waals surface area contributed by atoms with E-state index in [0.717, 1.165) is 29.7 Å². The number of anilines is 1. The van der Waals surface area contributed by atoms with Crippen LogP contribution in [0.15, 0.2) is 43.5 Å². The van der Waals surface area contributed by atoms with Crippen molar-refractivity contribution in [2.75, 3.05) is 31.1 Å². The Kier molecular flexibility index (Phi) is 12.2. The molecule has 3 saturated heterocycles. The third-order valence-electron chi connectivity index (χ3n) is 9.37. The Morgan fingerprint density at radius 1 is 1.20 bits per heavy atom. The van der Waals surface area contributed by atoms with Crippen molar-refractivity contribution in [1.29, 1.82) is 0 Å². The molecule has 0 radical (unpaired) electrons. The number of aliphatic hydroxyl groups is 1. The number of halogens is 1. The van der Waals surface area contributed by atoms with Gasteiger partial charge in [0.05, 0.1) is 24.5 Å². The molecular formula is C35H48BrN3O7. The quantitative estimate of drug-likeness (QED) is 0.108. The smallest absolute Gasteiger partial charge is 0.312 e. The van der Waals surface area contributed by atoms with E-state index in [1.165, 1.54) is 0 Å². The Bertz CT molecular complexity index is 1300. The molecule has 46 heavy (non-hydrogen) atoms. The highest BCUT2D eigenvalue weighted by molar-refractivity contribution is 9.09. The molecule has 2 bridgehead atoms. The maximum atomic E-state index is 14.8. The fraction of sp³-hybridized carbons (Fsp3) is 0.600. The van der Waals surface area contributed by atoms with Crippen LogP contribution in [0.5, 0.6) is 0 Å². The number of alkyl halides is 1. The number of fused-ring (bicyclic) bond motifs is 1. The number of rotatable bonds is 17. The maximum absolute atomic E-state index is 14.8. The second-order valence-electron chi connectivity index (χ2n) is 12.7. The van der Waals surface area contributed by atoms with Gasteiger partial charge in [-0.05, 0) is 57.6 Å². The zero-order valence-corrected chi connectivity index (χ0v) is 28.8. The highest BCUT2D eigenvalue weighted by atomic mass is 79.9. The number of aryl methyl sites for hydroxylation is 2. The minimum absolute atomic E-state index is 0.101. The molecule has 0 aromatic heterocycles. The molecule has 252 valence electrons. The Morgan fingerprint density at radius 2 is 1.89 bits per heavy atom. The van der Waals surface area contributed by atoms with Crippen molar-refractivity contribution in [1.82, 2.24) is 10.2 Å². The van der Waals surface area contributed by atoms with Crippen LogP contribution >= 0.6 is 15.9 Å². The van der Waals surface area contributed by atoms with Crippen LogP contribution in [0.25, 0.3) is 0 Å². The lowest BCUT2D eigenvalue weighted by Gasteiger charge is -2.38. The van der Waals surface area contributed by atoms with E-state index in [2.05, 4.69) is 34.4 Å². The number of nitrogens with zero attached hydrogens (tertiary/aromatic N) is 2. The van der Waals surface area contributed by atoms with Crippen LogP contribution in [-0.2, 0) is 28.7 Å². The van der Waals surface area contributed by atoms with Crippen molar-refractivity contribution in [3.63, 3.8) is 0 Å². The normalized spacial score (nSPS) is 26.8. The first-order valence-electron chi connectivity index (χ1n) is 16.3. The van der Waals surface area contributed by atoms with E-state index >= 15 is 0 Å². The first-order valence-corrected chi connectivity index (χ1v) is 17.2. The van der Waals surface area contributed by atoms with Crippen LogP contribution < -0.4 is 10.2 Å². The maximum Gasteiger partial charge on any atom is 0.312 e. The number of para-hydroxylation sites is 1. The summed E-state index contributed by atoms with van der Waals surface area (Å²) in [6, 6.07) is 4.89. The van der Waals surface area contributed by atoms with Crippen LogP contribution in [0.1, 0.15) is 63.0 Å². The highest BCUT2D eigenvalue weighted by Crippen LogP contribution is 2.60. The van der Waals surface area contributed by atoms with Gasteiger partial charge in [-0.2, -0.15) is 0 Å². The summed E-state index contributed by atoms with van der Waals surface area (Å²) in [4.78, 5) is 58.2. The number of nitrogens with one attached hydrogen (secondary N) is 1. The van der Waals surface area contributed by atoms with E-state index in [0.29, 0.717) is 38.6 Å². The minimum atomic E-state index is -1.22. The summed E-state index contributed by atoms with van der Waals surface area (Å²) in [6.07, 6.45) is 6.18. The fourth-order valence-electron chi connectivity index (χ4n) is 7.36. The van der Waals surface area contributed by atoms with Gasteiger partial charge in [0.2, 0.25) is 11.8 Å². The molecule has 1 unspecified atom stereocenters. The third-order valence-corrected chi connectivity index (χ3v) is 10.2. The number of esters is 1. The fourth-order valence-corrected chi connectivity index (χ4v) is 8.31. The van der Waals surface area contributed by atoms with E-state index in [9.17, 15) is 24.3 Å². The predicted molar refractivity (Wildman–Crippen MR) is 179 cm³/mol. The minimum Gasteiger partial charge on any atom is -0.460 e. The van der Waals surface area contributed by atoms with E-state index in [4.69, 9.17) is 9.47 Å². The zero-order valence-electron chi connectivity index (χ0n) is 27.2. The molecule has 0 saturated carbocycles. The standard InChI is InChI=1S/C35H48BrN3O7/c1-6-8-16-26(41)37-21-24(5)45-34(44)27-28-32(42)39(18-11-9-10-12-19-40)31(35(28)20-25(36)30(27)46-35)33(43)38(17-7-2)29-22(3)14-13-15-23(29)4/h6-7,13-15,24-25,27-28,30-31,40H,1-2,8-12,16-21H2,3-5H3,(H,37,41)/t24-,25?,27+,28-,30+,31+,35-/m0/s1. The summed E-state index contributed by atoms with van der Waals surface area (Å²) in [5.41, 5.74) is 1.39. The molecule has 3 amide bonds. The number of amides is 3. The molecule has 2 N–H and O–H groups in total. The largest absolute Gasteiger partial charge is 0.460 e. The Labute approximate surface area is 280 Å². The molecule has 1 aromatic rings. The van der Waals surface area contributed by atoms with Crippen LogP contribution in [-0.4, -0.2) is 88.6 Å². The molecule has 11 heteroatoms. The Hall–Kier alpha value is -3.02. The van der Waals surface area contributed by atoms with Crippen LogP contribution in [0, 0.1) is 25.7 Å². The summed E-state index contributed by atoms with van der Waals surface area (Å²) >= 11 is 3.72. The van der Waals surface area contributed by atoms with Gasteiger partial charge in [-0.15, -0.1) is 13.2 Å². The number of ether oxygens (including phenoxy) is 2. The van der Waals surface area contributed by atoms with Crippen LogP contribution in [0.2, 0.25) is 0 Å². The van der Waals surface area contributed by atoms with Gasteiger partial charge in [0.25, 0.3) is 5.91 Å². The summed E-state index contributed by atoms with van der Waals surface area (Å²) in [5, 5.41) is 12.0. The Morgan fingerprint density at radius 3 is 2.54 bits per heavy atom. The van der Waals surface area contributed by atoms with Gasteiger partial charge in [0.1, 0.15) is 17.7 Å². The zero-order chi connectivity index (χ0) is 33.6. The topological polar surface area (TPSA) is 125 Å². The molecule has 3 aliphatic rings. The van der Waals surface area contributed by atoms with Gasteiger partial charge < -0.3 is 29.7 Å². The number of likely N-dealkylation sites (tertiary alicyclic amines) is 1. The van der Waals surface area contributed by atoms with Gasteiger partial charge in [0, 0.05) is 36.6 Å². The van der Waals surface area contributed by atoms with Crippen molar-refractivity contribution in [2.24, 2.45) is 11.8 Å². The first-order chi connectivity index (χ1) is 22.0. The molecular weight excluding hydrogens is 654 g/mol. The SMILES string of the molecule is C=CCCC(=O)NC[C@H](C)OC(=O)[C@H]1[C@@H]2O[C@@]3(CC2Br)[C@@H]1C(=O)N(CCCCCCO)[C@@H]3C(=O)N(CC=C)c1c(C)cccc1C. The molecule has 1 aromatic carbocycles. The molecule has 7 atom stereocenters. The molecule has 10 nitrogen and oxygen atoms in total.